The summed E-state index contributed by atoms with van der Waals surface area (Å²) in [6, 6.07) is 6.72. The highest BCUT2D eigenvalue weighted by Crippen LogP contribution is 2.37. The largest absolute Gasteiger partial charge is 0.411 e. The minimum Gasteiger partial charge on any atom is -0.411 e. The predicted molar refractivity (Wildman–Crippen MR) is 89.7 cm³/mol. The molecule has 0 radical (unpaired) electrons. The summed E-state index contributed by atoms with van der Waals surface area (Å²) in [5.74, 6) is -0.312. The van der Waals surface area contributed by atoms with Crippen molar-refractivity contribution in [2.45, 2.75) is 51.0 Å². The quantitative estimate of drug-likeness (QED) is 0.841. The molecule has 0 aromatic heterocycles. The van der Waals surface area contributed by atoms with Crippen LogP contribution in [0.25, 0.3) is 0 Å². The molecule has 3 unspecified atom stereocenters. The molecule has 0 saturated carbocycles. The van der Waals surface area contributed by atoms with E-state index >= 15 is 0 Å². The number of benzene rings is 1. The first kappa shape index (κ1) is 17.6. The summed E-state index contributed by atoms with van der Waals surface area (Å²) in [4.78, 5) is 0. The molecule has 1 aliphatic rings. The Morgan fingerprint density at radius 3 is 2.55 bits per heavy atom. The lowest BCUT2D eigenvalue weighted by Crippen LogP contribution is -2.50. The van der Waals surface area contributed by atoms with Crippen LogP contribution in [0.4, 0.5) is 4.39 Å². The Kier molecular flexibility index (Phi) is 5.12. The van der Waals surface area contributed by atoms with Crippen molar-refractivity contribution in [2.24, 2.45) is 11.7 Å². The van der Waals surface area contributed by atoms with Crippen LogP contribution in [-0.2, 0) is 14.7 Å². The van der Waals surface area contributed by atoms with Gasteiger partial charge in [-0.3, -0.25) is 0 Å². The molecule has 1 heterocycles. The van der Waals surface area contributed by atoms with Crippen LogP contribution in [0.5, 0.6) is 0 Å². The lowest BCUT2D eigenvalue weighted by molar-refractivity contribution is 0.109. The third-order valence-electron chi connectivity index (χ3n) is 5.10. The maximum atomic E-state index is 14.2. The van der Waals surface area contributed by atoms with E-state index in [4.69, 9.17) is 14.9 Å². The first-order valence-corrected chi connectivity index (χ1v) is 10.9. The highest BCUT2D eigenvalue weighted by atomic mass is 28.4. The topological polar surface area (TPSA) is 44.5 Å². The molecule has 0 amide bonds. The Morgan fingerprint density at radius 2 is 1.95 bits per heavy atom. The number of ether oxygens (including phenoxy) is 1. The summed E-state index contributed by atoms with van der Waals surface area (Å²) >= 11 is 0. The van der Waals surface area contributed by atoms with E-state index in [0.29, 0.717) is 24.3 Å². The number of rotatable bonds is 5. The van der Waals surface area contributed by atoms with Gasteiger partial charge in [0.2, 0.25) is 0 Å². The fourth-order valence-electron chi connectivity index (χ4n) is 2.83. The zero-order valence-electron chi connectivity index (χ0n) is 14.2. The molecule has 3 nitrogen and oxygen atoms in total. The molecule has 1 aromatic rings. The molecule has 0 bridgehead atoms. The molecule has 0 spiro atoms. The van der Waals surface area contributed by atoms with Gasteiger partial charge < -0.3 is 14.9 Å². The zero-order chi connectivity index (χ0) is 16.5. The minimum atomic E-state index is -1.81. The van der Waals surface area contributed by atoms with Crippen molar-refractivity contribution >= 4 is 8.32 Å². The van der Waals surface area contributed by atoms with Gasteiger partial charge in [-0.2, -0.15) is 0 Å². The number of nitrogens with two attached hydrogens (primary N) is 1. The molecule has 2 N–H and O–H groups in total. The van der Waals surface area contributed by atoms with Gasteiger partial charge >= 0.3 is 0 Å². The average molecular weight is 326 g/mol. The maximum absolute atomic E-state index is 14.2. The van der Waals surface area contributed by atoms with E-state index in [1.54, 1.807) is 12.1 Å². The van der Waals surface area contributed by atoms with E-state index < -0.39 is 13.9 Å². The number of hydrogen-bond acceptors (Lipinski definition) is 3. The van der Waals surface area contributed by atoms with Crippen molar-refractivity contribution in [2.75, 3.05) is 13.2 Å². The highest BCUT2D eigenvalue weighted by Gasteiger charge is 2.45. The third-order valence-corrected chi connectivity index (χ3v) is 8.79. The first-order chi connectivity index (χ1) is 10.2. The van der Waals surface area contributed by atoms with E-state index in [9.17, 15) is 4.39 Å². The van der Waals surface area contributed by atoms with Crippen molar-refractivity contribution in [1.29, 1.82) is 0 Å². The summed E-state index contributed by atoms with van der Waals surface area (Å²) in [6.07, 6.45) is -0.0707. The van der Waals surface area contributed by atoms with Crippen molar-refractivity contribution in [1.82, 2.24) is 0 Å². The monoisotopic (exact) mass is 325 g/mol. The van der Waals surface area contributed by atoms with E-state index in [1.165, 1.54) is 6.07 Å². The van der Waals surface area contributed by atoms with Crippen LogP contribution in [-0.4, -0.2) is 27.6 Å². The Morgan fingerprint density at radius 1 is 1.32 bits per heavy atom. The van der Waals surface area contributed by atoms with Crippen molar-refractivity contribution in [3.8, 4) is 0 Å². The molecule has 1 saturated heterocycles. The van der Waals surface area contributed by atoms with Gasteiger partial charge in [-0.15, -0.1) is 0 Å². The molecule has 0 aliphatic carbocycles. The molecule has 2 rings (SSSR count). The van der Waals surface area contributed by atoms with Gasteiger partial charge in [-0.1, -0.05) is 32.0 Å². The van der Waals surface area contributed by atoms with Crippen LogP contribution in [0.2, 0.25) is 18.6 Å². The van der Waals surface area contributed by atoms with Gasteiger partial charge in [0.25, 0.3) is 0 Å². The molecule has 22 heavy (non-hydrogen) atoms. The summed E-state index contributed by atoms with van der Waals surface area (Å²) < 4.78 is 26.2. The SMILES string of the molecule is CC(C)[Si](C)(C)OC1COCC1C(C)(N)c1ccccc1F. The lowest BCUT2D eigenvalue weighted by Gasteiger charge is -2.39. The molecular weight excluding hydrogens is 297 g/mol. The van der Waals surface area contributed by atoms with E-state index in [2.05, 4.69) is 26.9 Å². The number of halogens is 1. The van der Waals surface area contributed by atoms with Crippen LogP contribution in [0.1, 0.15) is 26.3 Å². The van der Waals surface area contributed by atoms with Crippen LogP contribution >= 0.6 is 0 Å². The normalized spacial score (nSPS) is 25.5. The van der Waals surface area contributed by atoms with Gasteiger partial charge in [-0.05, 0) is 31.6 Å². The Hall–Kier alpha value is -0.753. The summed E-state index contributed by atoms with van der Waals surface area (Å²) in [5.41, 5.74) is 6.77. The van der Waals surface area contributed by atoms with Gasteiger partial charge in [0.05, 0.1) is 19.3 Å². The van der Waals surface area contributed by atoms with Crippen molar-refractivity contribution < 1.29 is 13.6 Å². The molecule has 3 atom stereocenters. The zero-order valence-corrected chi connectivity index (χ0v) is 15.2. The smallest absolute Gasteiger partial charge is 0.189 e. The molecular formula is C17H28FNO2Si. The first-order valence-electron chi connectivity index (χ1n) is 7.95. The molecule has 1 aliphatic heterocycles. The Labute approximate surface area is 134 Å². The van der Waals surface area contributed by atoms with Gasteiger partial charge in [0.1, 0.15) is 5.82 Å². The van der Waals surface area contributed by atoms with Crippen LogP contribution < -0.4 is 5.73 Å². The predicted octanol–water partition coefficient (Wildman–Crippen LogP) is 3.65. The highest BCUT2D eigenvalue weighted by molar-refractivity contribution is 6.72. The average Bonchev–Trinajstić information content (AvgIpc) is 2.87. The Bertz CT molecular complexity index is 519. The van der Waals surface area contributed by atoms with Crippen LogP contribution in [0.15, 0.2) is 24.3 Å². The summed E-state index contributed by atoms with van der Waals surface area (Å²) in [5, 5.41) is 0. The molecule has 5 heteroatoms. The maximum Gasteiger partial charge on any atom is 0.189 e. The van der Waals surface area contributed by atoms with Crippen LogP contribution in [0, 0.1) is 11.7 Å². The molecule has 1 fully saturated rings. The minimum absolute atomic E-state index is 0.0464. The van der Waals surface area contributed by atoms with E-state index in [0.717, 1.165) is 0 Å². The third kappa shape index (κ3) is 3.43. The fraction of sp³-hybridized carbons (Fsp3) is 0.647. The molecule has 1 aromatic carbocycles. The van der Waals surface area contributed by atoms with E-state index in [1.807, 2.05) is 13.0 Å². The van der Waals surface area contributed by atoms with Crippen LogP contribution in [0.3, 0.4) is 0 Å². The summed E-state index contributed by atoms with van der Waals surface area (Å²) in [7, 11) is -1.81. The Balaban J connectivity index is 2.25. The van der Waals surface area contributed by atoms with Gasteiger partial charge in [-0.25, -0.2) is 4.39 Å². The van der Waals surface area contributed by atoms with Gasteiger partial charge in [0, 0.05) is 17.0 Å². The lowest BCUT2D eigenvalue weighted by atomic mass is 9.78. The molecule has 124 valence electrons. The van der Waals surface area contributed by atoms with Crippen molar-refractivity contribution in [3.05, 3.63) is 35.6 Å². The standard InChI is InChI=1S/C17H28FNO2Si/c1-12(2)22(4,5)21-16-11-20-10-14(16)17(3,19)13-8-6-7-9-15(13)18/h6-9,12,14,16H,10-11,19H2,1-5H3. The fourth-order valence-corrected chi connectivity index (χ4v) is 4.12. The number of hydrogen-bond donors (Lipinski definition) is 1. The second-order valence-electron chi connectivity index (χ2n) is 7.32. The van der Waals surface area contributed by atoms with Gasteiger partial charge in [0.15, 0.2) is 8.32 Å². The summed E-state index contributed by atoms with van der Waals surface area (Å²) in [6.45, 7) is 11.7. The van der Waals surface area contributed by atoms with Crippen molar-refractivity contribution in [3.63, 3.8) is 0 Å². The van der Waals surface area contributed by atoms with E-state index in [-0.39, 0.29) is 17.8 Å². The second kappa shape index (κ2) is 6.39. The second-order valence-corrected chi connectivity index (χ2v) is 11.9.